The van der Waals surface area contributed by atoms with E-state index in [9.17, 15) is 0 Å². The summed E-state index contributed by atoms with van der Waals surface area (Å²) in [6.07, 6.45) is 7.31. The molecule has 18 heavy (non-hydrogen) atoms. The maximum absolute atomic E-state index is 6.64. The third kappa shape index (κ3) is 2.69. The number of hydrogen-bond acceptors (Lipinski definition) is 2. The molecule has 0 atom stereocenters. The summed E-state index contributed by atoms with van der Waals surface area (Å²) >= 11 is 0. The van der Waals surface area contributed by atoms with Crippen LogP contribution in [0, 0.1) is 5.92 Å². The highest BCUT2D eigenvalue weighted by Crippen LogP contribution is 2.42. The number of ether oxygens (including phenoxy) is 1. The van der Waals surface area contributed by atoms with Crippen LogP contribution in [0.3, 0.4) is 0 Å². The lowest BCUT2D eigenvalue weighted by molar-refractivity contribution is 0.221. The first kappa shape index (κ1) is 13.4. The van der Waals surface area contributed by atoms with Gasteiger partial charge in [0.05, 0.1) is 7.11 Å². The molecular formula is C16H25NO. The molecule has 0 spiro atoms. The van der Waals surface area contributed by atoms with Crippen molar-refractivity contribution in [2.24, 2.45) is 11.7 Å². The zero-order valence-electron chi connectivity index (χ0n) is 11.6. The number of para-hydroxylation sites is 1. The monoisotopic (exact) mass is 247 g/mol. The summed E-state index contributed by atoms with van der Waals surface area (Å²) in [6.45, 7) is 2.27. The van der Waals surface area contributed by atoms with Gasteiger partial charge in [0, 0.05) is 11.1 Å². The van der Waals surface area contributed by atoms with Crippen LogP contribution in [-0.2, 0) is 5.54 Å². The van der Waals surface area contributed by atoms with Crippen molar-refractivity contribution < 1.29 is 4.74 Å². The second-order valence-corrected chi connectivity index (χ2v) is 5.59. The smallest absolute Gasteiger partial charge is 0.123 e. The van der Waals surface area contributed by atoms with E-state index in [-0.39, 0.29) is 5.54 Å². The summed E-state index contributed by atoms with van der Waals surface area (Å²) in [7, 11) is 1.73. The molecular weight excluding hydrogens is 222 g/mol. The van der Waals surface area contributed by atoms with E-state index >= 15 is 0 Å². The van der Waals surface area contributed by atoms with Crippen molar-refractivity contribution in [1.29, 1.82) is 0 Å². The first-order valence-corrected chi connectivity index (χ1v) is 7.12. The minimum absolute atomic E-state index is 0.184. The Bertz CT molecular complexity index is 380. The van der Waals surface area contributed by atoms with Gasteiger partial charge >= 0.3 is 0 Å². The van der Waals surface area contributed by atoms with E-state index in [0.717, 1.165) is 24.5 Å². The molecule has 1 aliphatic carbocycles. The SMILES string of the molecule is CCCC1CCC(N)(c2ccccc2OC)CC1. The topological polar surface area (TPSA) is 35.2 Å². The molecule has 0 saturated heterocycles. The Morgan fingerprint density at radius 2 is 1.94 bits per heavy atom. The molecule has 0 unspecified atom stereocenters. The molecule has 1 aliphatic rings. The number of hydrogen-bond donors (Lipinski definition) is 1. The summed E-state index contributed by atoms with van der Waals surface area (Å²) in [4.78, 5) is 0. The maximum Gasteiger partial charge on any atom is 0.123 e. The number of nitrogens with two attached hydrogens (primary N) is 1. The van der Waals surface area contributed by atoms with Crippen molar-refractivity contribution in [2.45, 2.75) is 51.0 Å². The van der Waals surface area contributed by atoms with Crippen LogP contribution in [0.1, 0.15) is 51.0 Å². The van der Waals surface area contributed by atoms with Gasteiger partial charge in [-0.1, -0.05) is 38.0 Å². The van der Waals surface area contributed by atoms with Crippen LogP contribution < -0.4 is 10.5 Å². The van der Waals surface area contributed by atoms with Gasteiger partial charge < -0.3 is 10.5 Å². The summed E-state index contributed by atoms with van der Waals surface area (Å²) in [5.74, 6) is 1.82. The molecule has 2 N–H and O–H groups in total. The molecule has 2 nitrogen and oxygen atoms in total. The molecule has 1 aromatic carbocycles. The van der Waals surface area contributed by atoms with Crippen molar-refractivity contribution in [3.05, 3.63) is 29.8 Å². The molecule has 0 bridgehead atoms. The van der Waals surface area contributed by atoms with Gasteiger partial charge in [0.2, 0.25) is 0 Å². The number of benzene rings is 1. The molecule has 0 aromatic heterocycles. The highest BCUT2D eigenvalue weighted by Gasteiger charge is 2.34. The average molecular weight is 247 g/mol. The fraction of sp³-hybridized carbons (Fsp3) is 0.625. The van der Waals surface area contributed by atoms with Gasteiger partial charge in [-0.15, -0.1) is 0 Å². The summed E-state index contributed by atoms with van der Waals surface area (Å²) in [6, 6.07) is 8.21. The molecule has 100 valence electrons. The normalized spacial score (nSPS) is 28.1. The van der Waals surface area contributed by atoms with Crippen molar-refractivity contribution in [3.8, 4) is 5.75 Å². The lowest BCUT2D eigenvalue weighted by Crippen LogP contribution is -2.40. The third-order valence-corrected chi connectivity index (χ3v) is 4.34. The van der Waals surface area contributed by atoms with E-state index in [1.54, 1.807) is 7.11 Å². The first-order chi connectivity index (χ1) is 8.69. The van der Waals surface area contributed by atoms with Gasteiger partial charge in [-0.05, 0) is 37.7 Å². The van der Waals surface area contributed by atoms with Gasteiger partial charge in [0.15, 0.2) is 0 Å². The van der Waals surface area contributed by atoms with Crippen LogP contribution in [0.2, 0.25) is 0 Å². The van der Waals surface area contributed by atoms with E-state index in [1.165, 1.54) is 31.2 Å². The van der Waals surface area contributed by atoms with Crippen LogP contribution in [0.4, 0.5) is 0 Å². The molecule has 0 aliphatic heterocycles. The fourth-order valence-corrected chi connectivity index (χ4v) is 3.21. The van der Waals surface area contributed by atoms with E-state index in [0.29, 0.717) is 0 Å². The third-order valence-electron chi connectivity index (χ3n) is 4.34. The zero-order chi connectivity index (χ0) is 13.0. The Balaban J connectivity index is 2.13. The highest BCUT2D eigenvalue weighted by molar-refractivity contribution is 5.39. The maximum atomic E-state index is 6.64. The largest absolute Gasteiger partial charge is 0.496 e. The molecule has 0 heterocycles. The lowest BCUT2D eigenvalue weighted by Gasteiger charge is -2.38. The molecule has 1 fully saturated rings. The summed E-state index contributed by atoms with van der Waals surface area (Å²) < 4.78 is 5.46. The average Bonchev–Trinajstić information content (AvgIpc) is 2.42. The van der Waals surface area contributed by atoms with Crippen molar-refractivity contribution in [3.63, 3.8) is 0 Å². The van der Waals surface area contributed by atoms with E-state index in [1.807, 2.05) is 12.1 Å². The van der Waals surface area contributed by atoms with Crippen LogP contribution in [0.15, 0.2) is 24.3 Å². The second-order valence-electron chi connectivity index (χ2n) is 5.59. The Kier molecular flexibility index (Phi) is 4.28. The van der Waals surface area contributed by atoms with E-state index in [2.05, 4.69) is 19.1 Å². The van der Waals surface area contributed by atoms with Crippen LogP contribution >= 0.6 is 0 Å². The van der Waals surface area contributed by atoms with Crippen molar-refractivity contribution in [1.82, 2.24) is 0 Å². The zero-order valence-corrected chi connectivity index (χ0v) is 11.6. The van der Waals surface area contributed by atoms with Gasteiger partial charge in [0.25, 0.3) is 0 Å². The van der Waals surface area contributed by atoms with Crippen LogP contribution in [0.5, 0.6) is 5.75 Å². The molecule has 2 rings (SSSR count). The molecule has 1 saturated carbocycles. The first-order valence-electron chi connectivity index (χ1n) is 7.12. The van der Waals surface area contributed by atoms with Crippen molar-refractivity contribution >= 4 is 0 Å². The van der Waals surface area contributed by atoms with Gasteiger partial charge in [-0.25, -0.2) is 0 Å². The molecule has 2 heteroatoms. The Morgan fingerprint density at radius 3 is 2.56 bits per heavy atom. The Morgan fingerprint density at radius 1 is 1.28 bits per heavy atom. The number of methoxy groups -OCH3 is 1. The summed E-state index contributed by atoms with van der Waals surface area (Å²) in [5.41, 5.74) is 7.63. The van der Waals surface area contributed by atoms with E-state index < -0.39 is 0 Å². The van der Waals surface area contributed by atoms with Gasteiger partial charge in [-0.3, -0.25) is 0 Å². The molecule has 0 amide bonds. The minimum atomic E-state index is -0.184. The minimum Gasteiger partial charge on any atom is -0.496 e. The van der Waals surface area contributed by atoms with E-state index in [4.69, 9.17) is 10.5 Å². The quantitative estimate of drug-likeness (QED) is 0.877. The summed E-state index contributed by atoms with van der Waals surface area (Å²) in [5, 5.41) is 0. The predicted molar refractivity (Wildman–Crippen MR) is 75.7 cm³/mol. The van der Waals surface area contributed by atoms with Gasteiger partial charge in [-0.2, -0.15) is 0 Å². The van der Waals surface area contributed by atoms with Crippen molar-refractivity contribution in [2.75, 3.05) is 7.11 Å². The lowest BCUT2D eigenvalue weighted by atomic mass is 9.72. The number of rotatable bonds is 4. The Hall–Kier alpha value is -1.02. The van der Waals surface area contributed by atoms with Gasteiger partial charge in [0.1, 0.15) is 5.75 Å². The molecule has 1 aromatic rings. The Labute approximate surface area is 111 Å². The molecule has 0 radical (unpaired) electrons. The standard InChI is InChI=1S/C16H25NO/c1-3-6-13-9-11-16(17,12-10-13)14-7-4-5-8-15(14)18-2/h4-5,7-8,13H,3,6,9-12,17H2,1-2H3. The van der Waals surface area contributed by atoms with Crippen LogP contribution in [0.25, 0.3) is 0 Å². The van der Waals surface area contributed by atoms with Crippen LogP contribution in [-0.4, -0.2) is 7.11 Å². The highest BCUT2D eigenvalue weighted by atomic mass is 16.5. The predicted octanol–water partition coefficient (Wildman–Crippen LogP) is 3.84. The second kappa shape index (κ2) is 5.75. The fourth-order valence-electron chi connectivity index (χ4n) is 3.21.